The predicted octanol–water partition coefficient (Wildman–Crippen LogP) is 5.36. The average molecular weight is 494 g/mol. The number of carboxylic acids is 1. The van der Waals surface area contributed by atoms with Crippen molar-refractivity contribution in [3.05, 3.63) is 63.5 Å². The number of benzene rings is 1. The maximum absolute atomic E-state index is 12.4. The zero-order valence-electron chi connectivity index (χ0n) is 18.0. The minimum Gasteiger partial charge on any atom is -0.481 e. The molecule has 1 atom stereocenters. The zero-order chi connectivity index (χ0) is 23.9. The maximum Gasteiger partial charge on any atom is 0.412 e. The molecule has 5 rings (SSSR count). The van der Waals surface area contributed by atoms with Crippen LogP contribution in [0.3, 0.4) is 0 Å². The number of aliphatic carboxylic acids is 1. The van der Waals surface area contributed by atoms with Gasteiger partial charge in [-0.3, -0.25) is 10.1 Å². The Morgan fingerprint density at radius 3 is 2.68 bits per heavy atom. The van der Waals surface area contributed by atoms with Crippen LogP contribution >= 0.6 is 22.7 Å². The van der Waals surface area contributed by atoms with E-state index in [-0.39, 0.29) is 17.3 Å². The number of hydrogen-bond donors (Lipinski definition) is 3. The van der Waals surface area contributed by atoms with Crippen LogP contribution in [0.4, 0.5) is 16.4 Å². The predicted molar refractivity (Wildman–Crippen MR) is 130 cm³/mol. The molecule has 1 aliphatic carbocycles. The van der Waals surface area contributed by atoms with Crippen LogP contribution in [0, 0.1) is 11.8 Å². The normalized spacial score (nSPS) is 14.7. The summed E-state index contributed by atoms with van der Waals surface area (Å²) in [5.41, 5.74) is 6.30. The summed E-state index contributed by atoms with van der Waals surface area (Å²) in [5.74, 6) is 5.06. The summed E-state index contributed by atoms with van der Waals surface area (Å²) in [5, 5.41) is 16.9. The molecule has 34 heavy (non-hydrogen) atoms. The minimum absolute atomic E-state index is 0.0752. The first kappa shape index (κ1) is 22.0. The van der Waals surface area contributed by atoms with E-state index in [1.54, 1.807) is 6.92 Å². The van der Waals surface area contributed by atoms with Crippen molar-refractivity contribution in [3.8, 4) is 11.8 Å². The van der Waals surface area contributed by atoms with Crippen molar-refractivity contribution in [2.45, 2.75) is 31.3 Å². The molecule has 4 aromatic rings. The smallest absolute Gasteiger partial charge is 0.412 e. The lowest BCUT2D eigenvalue weighted by atomic mass is 10.1. The molecule has 1 aromatic carbocycles. The standard InChI is InChI=1S/C24H19N3O5S2/c1-13(14-5-3-2-4-6-14)31-23(30)26-19-17(27-32-20(19)25)8-7-16-11-15-12-18(34-21(15)33-16)24(9-10-24)22(28)29/h2-6,11-13H,9-10,25H2,1H3,(H,26,30)(H,28,29). The molecular weight excluding hydrogens is 474 g/mol. The van der Waals surface area contributed by atoms with Crippen molar-refractivity contribution < 1.29 is 24.0 Å². The van der Waals surface area contributed by atoms with E-state index in [0.29, 0.717) is 12.8 Å². The number of rotatable bonds is 5. The molecule has 1 fully saturated rings. The van der Waals surface area contributed by atoms with Gasteiger partial charge in [0.05, 0.1) is 8.89 Å². The van der Waals surface area contributed by atoms with E-state index < -0.39 is 23.6 Å². The molecule has 8 nitrogen and oxygen atoms in total. The Kier molecular flexibility index (Phi) is 5.51. The van der Waals surface area contributed by atoms with Crippen molar-refractivity contribution in [3.63, 3.8) is 0 Å². The van der Waals surface area contributed by atoms with Gasteiger partial charge in [-0.15, -0.1) is 22.7 Å². The Bertz CT molecular complexity index is 1420. The lowest BCUT2D eigenvalue weighted by Gasteiger charge is -2.13. The van der Waals surface area contributed by atoms with E-state index in [1.807, 2.05) is 42.5 Å². The summed E-state index contributed by atoms with van der Waals surface area (Å²) in [6, 6.07) is 13.2. The summed E-state index contributed by atoms with van der Waals surface area (Å²) in [6.07, 6.45) is 0.194. The van der Waals surface area contributed by atoms with Crippen LogP contribution in [0.1, 0.15) is 46.9 Å². The lowest BCUT2D eigenvalue weighted by molar-refractivity contribution is -0.139. The molecule has 0 radical (unpaired) electrons. The monoisotopic (exact) mass is 493 g/mol. The Balaban J connectivity index is 1.30. The average Bonchev–Trinajstić information content (AvgIpc) is 3.26. The first-order valence-electron chi connectivity index (χ1n) is 10.4. The fourth-order valence-corrected chi connectivity index (χ4v) is 6.08. The van der Waals surface area contributed by atoms with Gasteiger partial charge < -0.3 is 20.1 Å². The van der Waals surface area contributed by atoms with Gasteiger partial charge in [0.2, 0.25) is 5.88 Å². The SMILES string of the molecule is CC(OC(=O)Nc1c(C#Cc2cc3cc(C4(C(=O)O)CC4)sc3s2)noc1N)c1ccccc1. The van der Waals surface area contributed by atoms with Crippen LogP contribution in [-0.2, 0) is 14.9 Å². The number of thiophene rings is 2. The molecule has 0 bridgehead atoms. The minimum atomic E-state index is -0.762. The number of amides is 1. The van der Waals surface area contributed by atoms with E-state index in [9.17, 15) is 14.7 Å². The third-order valence-electron chi connectivity index (χ3n) is 5.65. The van der Waals surface area contributed by atoms with E-state index >= 15 is 0 Å². The van der Waals surface area contributed by atoms with Gasteiger partial charge in [0, 0.05) is 10.3 Å². The van der Waals surface area contributed by atoms with Gasteiger partial charge in [0.15, 0.2) is 5.69 Å². The van der Waals surface area contributed by atoms with Crippen molar-refractivity contribution in [1.82, 2.24) is 5.16 Å². The summed E-state index contributed by atoms with van der Waals surface area (Å²) in [4.78, 5) is 25.6. The zero-order valence-corrected chi connectivity index (χ0v) is 19.6. The Morgan fingerprint density at radius 2 is 2.00 bits per heavy atom. The number of ether oxygens (including phenoxy) is 1. The summed E-state index contributed by atoms with van der Waals surface area (Å²) >= 11 is 2.98. The lowest BCUT2D eigenvalue weighted by Crippen LogP contribution is -2.17. The Morgan fingerprint density at radius 1 is 1.24 bits per heavy atom. The van der Waals surface area contributed by atoms with Crippen molar-refractivity contribution in [1.29, 1.82) is 0 Å². The van der Waals surface area contributed by atoms with E-state index in [0.717, 1.165) is 24.7 Å². The fourth-order valence-electron chi connectivity index (χ4n) is 3.54. The highest BCUT2D eigenvalue weighted by Gasteiger charge is 2.53. The fraction of sp³-hybridized carbons (Fsp3) is 0.208. The summed E-state index contributed by atoms with van der Waals surface area (Å²) in [7, 11) is 0. The molecule has 1 amide bonds. The van der Waals surface area contributed by atoms with Crippen LogP contribution in [0.15, 0.2) is 47.0 Å². The molecule has 3 heterocycles. The van der Waals surface area contributed by atoms with Crippen molar-refractivity contribution in [2.75, 3.05) is 11.1 Å². The first-order chi connectivity index (χ1) is 16.4. The van der Waals surface area contributed by atoms with Crippen LogP contribution in [-0.4, -0.2) is 22.3 Å². The van der Waals surface area contributed by atoms with E-state index in [4.69, 9.17) is 15.0 Å². The number of nitrogens with two attached hydrogens (primary N) is 1. The van der Waals surface area contributed by atoms with Gasteiger partial charge in [-0.2, -0.15) is 0 Å². The van der Waals surface area contributed by atoms with Crippen molar-refractivity contribution in [2.24, 2.45) is 0 Å². The number of carbonyl (C=O) groups excluding carboxylic acids is 1. The number of aromatic nitrogens is 1. The number of nitrogens with zero attached hydrogens (tertiary/aromatic N) is 1. The molecule has 10 heteroatoms. The highest BCUT2D eigenvalue weighted by atomic mass is 32.2. The maximum atomic E-state index is 12.4. The molecule has 172 valence electrons. The largest absolute Gasteiger partial charge is 0.481 e. The molecule has 3 aromatic heterocycles. The van der Waals surface area contributed by atoms with Crippen LogP contribution in [0.2, 0.25) is 0 Å². The Hall–Kier alpha value is -3.81. The van der Waals surface area contributed by atoms with Gasteiger partial charge in [-0.25, -0.2) is 4.79 Å². The van der Waals surface area contributed by atoms with Crippen LogP contribution in [0.25, 0.3) is 9.40 Å². The van der Waals surface area contributed by atoms with Crippen LogP contribution in [0.5, 0.6) is 0 Å². The number of carbonyl (C=O) groups is 2. The molecular formula is C24H19N3O5S2. The second-order valence-electron chi connectivity index (χ2n) is 7.96. The van der Waals surface area contributed by atoms with Gasteiger partial charge in [0.1, 0.15) is 17.2 Å². The Labute approximate surface area is 202 Å². The molecule has 1 saturated carbocycles. The summed E-state index contributed by atoms with van der Waals surface area (Å²) in [6.45, 7) is 1.77. The third kappa shape index (κ3) is 4.11. The van der Waals surface area contributed by atoms with Gasteiger partial charge in [-0.1, -0.05) is 35.5 Å². The van der Waals surface area contributed by atoms with Crippen molar-refractivity contribution >= 4 is 55.7 Å². The molecule has 1 aliphatic rings. The quantitative estimate of drug-likeness (QED) is 0.319. The molecule has 4 N–H and O–H groups in total. The topological polar surface area (TPSA) is 128 Å². The number of hydrogen-bond acceptors (Lipinski definition) is 8. The number of nitrogens with one attached hydrogen (secondary N) is 1. The molecule has 0 aliphatic heterocycles. The van der Waals surface area contributed by atoms with Gasteiger partial charge >= 0.3 is 12.1 Å². The van der Waals surface area contributed by atoms with Gasteiger partial charge in [-0.05, 0) is 49.3 Å². The van der Waals surface area contributed by atoms with Gasteiger partial charge in [0.25, 0.3) is 0 Å². The number of fused-ring (bicyclic) bond motifs is 1. The number of carboxylic acid groups (broad SMARTS) is 1. The second kappa shape index (κ2) is 8.52. The molecule has 0 saturated heterocycles. The third-order valence-corrected chi connectivity index (χ3v) is 8.16. The summed E-state index contributed by atoms with van der Waals surface area (Å²) < 4.78 is 11.4. The number of anilines is 2. The number of nitrogen functional groups attached to an aromatic ring is 1. The van der Waals surface area contributed by atoms with Crippen LogP contribution < -0.4 is 11.1 Å². The first-order valence-corrected chi connectivity index (χ1v) is 12.1. The highest BCUT2D eigenvalue weighted by molar-refractivity contribution is 7.38. The van der Waals surface area contributed by atoms with E-state index in [2.05, 4.69) is 22.3 Å². The highest BCUT2D eigenvalue weighted by Crippen LogP contribution is 2.52. The molecule has 0 spiro atoms. The molecule has 1 unspecified atom stereocenters. The van der Waals surface area contributed by atoms with E-state index in [1.165, 1.54) is 22.7 Å². The second-order valence-corrected chi connectivity index (χ2v) is 10.3.